The first kappa shape index (κ1) is 17.6. The molecule has 0 aromatic rings. The Kier molecular flexibility index (Phi) is 8.82. The molecular weight excluding hydrogens is 275 g/mol. The standard InChI is InChI=1S/C17H32Cl2/c1-3-4-5-6-7-11-14-16(17(2,18)19)15-12-9-8-10-13-15/h15-16H,3-14H2,1-2H3. The molecule has 0 radical (unpaired) electrons. The summed E-state index contributed by atoms with van der Waals surface area (Å²) in [5.74, 6) is 1.27. The first-order valence-electron chi connectivity index (χ1n) is 8.43. The van der Waals surface area contributed by atoms with E-state index in [0.29, 0.717) is 5.92 Å². The summed E-state index contributed by atoms with van der Waals surface area (Å²) in [7, 11) is 0. The minimum atomic E-state index is -0.536. The van der Waals surface area contributed by atoms with Crippen LogP contribution >= 0.6 is 23.2 Å². The molecule has 0 saturated heterocycles. The molecule has 19 heavy (non-hydrogen) atoms. The number of halogens is 2. The third kappa shape index (κ3) is 7.23. The molecule has 1 rings (SSSR count). The molecule has 0 aliphatic heterocycles. The van der Waals surface area contributed by atoms with Crippen LogP contribution < -0.4 is 0 Å². The van der Waals surface area contributed by atoms with Crippen molar-refractivity contribution >= 4 is 23.2 Å². The van der Waals surface area contributed by atoms with Crippen molar-refractivity contribution in [2.75, 3.05) is 0 Å². The van der Waals surface area contributed by atoms with Crippen molar-refractivity contribution in [3.05, 3.63) is 0 Å². The van der Waals surface area contributed by atoms with Crippen LogP contribution in [0.5, 0.6) is 0 Å². The zero-order valence-corrected chi connectivity index (χ0v) is 14.4. The van der Waals surface area contributed by atoms with Gasteiger partial charge in [0.2, 0.25) is 0 Å². The van der Waals surface area contributed by atoms with Crippen molar-refractivity contribution < 1.29 is 0 Å². The summed E-state index contributed by atoms with van der Waals surface area (Å²) in [4.78, 5) is 0. The van der Waals surface area contributed by atoms with E-state index in [1.165, 1.54) is 77.0 Å². The molecule has 0 heterocycles. The third-order valence-electron chi connectivity index (χ3n) is 4.74. The van der Waals surface area contributed by atoms with E-state index in [9.17, 15) is 0 Å². The Balaban J connectivity index is 2.29. The lowest BCUT2D eigenvalue weighted by Crippen LogP contribution is -2.31. The van der Waals surface area contributed by atoms with Gasteiger partial charge in [-0.1, -0.05) is 77.6 Å². The first-order chi connectivity index (χ1) is 9.05. The molecule has 1 fully saturated rings. The van der Waals surface area contributed by atoms with E-state index >= 15 is 0 Å². The van der Waals surface area contributed by atoms with Crippen LogP contribution in [0.15, 0.2) is 0 Å². The summed E-state index contributed by atoms with van der Waals surface area (Å²) in [6, 6.07) is 0. The summed E-state index contributed by atoms with van der Waals surface area (Å²) in [5, 5.41) is 0. The highest BCUT2D eigenvalue weighted by Crippen LogP contribution is 2.43. The van der Waals surface area contributed by atoms with Crippen LogP contribution in [0.25, 0.3) is 0 Å². The molecule has 114 valence electrons. The Morgan fingerprint density at radius 1 is 0.947 bits per heavy atom. The molecular formula is C17H32Cl2. The van der Waals surface area contributed by atoms with E-state index in [-0.39, 0.29) is 0 Å². The highest BCUT2D eigenvalue weighted by atomic mass is 35.5. The van der Waals surface area contributed by atoms with E-state index in [1.807, 2.05) is 6.92 Å². The van der Waals surface area contributed by atoms with E-state index in [4.69, 9.17) is 23.2 Å². The van der Waals surface area contributed by atoms with Crippen LogP contribution in [0.4, 0.5) is 0 Å². The third-order valence-corrected chi connectivity index (χ3v) is 5.30. The van der Waals surface area contributed by atoms with Crippen LogP contribution in [-0.4, -0.2) is 4.33 Å². The van der Waals surface area contributed by atoms with Crippen molar-refractivity contribution in [1.29, 1.82) is 0 Å². The van der Waals surface area contributed by atoms with Gasteiger partial charge in [-0.15, -0.1) is 23.2 Å². The molecule has 1 atom stereocenters. The Morgan fingerprint density at radius 3 is 2.11 bits per heavy atom. The molecule has 1 aliphatic carbocycles. The fourth-order valence-corrected chi connectivity index (χ4v) is 4.16. The van der Waals surface area contributed by atoms with Crippen LogP contribution in [0.1, 0.15) is 90.9 Å². The minimum Gasteiger partial charge on any atom is -0.102 e. The van der Waals surface area contributed by atoms with Crippen LogP contribution in [0.2, 0.25) is 0 Å². The fraction of sp³-hybridized carbons (Fsp3) is 1.00. The monoisotopic (exact) mass is 306 g/mol. The number of hydrogen-bond acceptors (Lipinski definition) is 0. The lowest BCUT2D eigenvalue weighted by atomic mass is 9.76. The highest BCUT2D eigenvalue weighted by molar-refractivity contribution is 6.48. The molecule has 1 saturated carbocycles. The van der Waals surface area contributed by atoms with Gasteiger partial charge in [0, 0.05) is 0 Å². The zero-order chi connectivity index (χ0) is 14.1. The molecule has 0 amide bonds. The summed E-state index contributed by atoms with van der Waals surface area (Å²) < 4.78 is -0.536. The second kappa shape index (κ2) is 9.50. The SMILES string of the molecule is CCCCCCCCC(C1CCCCC1)C(C)(Cl)Cl. The van der Waals surface area contributed by atoms with Crippen molar-refractivity contribution in [2.24, 2.45) is 11.8 Å². The summed E-state index contributed by atoms with van der Waals surface area (Å²) in [5.41, 5.74) is 0. The van der Waals surface area contributed by atoms with Crippen molar-refractivity contribution in [3.8, 4) is 0 Å². The smallest absolute Gasteiger partial charge is 0.102 e. The van der Waals surface area contributed by atoms with Crippen molar-refractivity contribution in [2.45, 2.75) is 95.2 Å². The average molecular weight is 307 g/mol. The normalized spacial score (nSPS) is 19.6. The fourth-order valence-electron chi connectivity index (χ4n) is 3.58. The maximum Gasteiger partial charge on any atom is 0.118 e. The van der Waals surface area contributed by atoms with Crippen molar-refractivity contribution in [1.82, 2.24) is 0 Å². The highest BCUT2D eigenvalue weighted by Gasteiger charge is 2.35. The van der Waals surface area contributed by atoms with Gasteiger partial charge in [0.1, 0.15) is 4.33 Å². The predicted octanol–water partition coefficient (Wildman–Crippen LogP) is 7.13. The number of alkyl halides is 2. The Hall–Kier alpha value is 0.580. The maximum absolute atomic E-state index is 6.46. The first-order valence-corrected chi connectivity index (χ1v) is 9.19. The second-order valence-electron chi connectivity index (χ2n) is 6.52. The maximum atomic E-state index is 6.46. The summed E-state index contributed by atoms with van der Waals surface area (Å²) in [6.07, 6.45) is 16.2. The molecule has 0 N–H and O–H groups in total. The number of hydrogen-bond donors (Lipinski definition) is 0. The molecule has 0 aromatic carbocycles. The second-order valence-corrected chi connectivity index (χ2v) is 8.28. The van der Waals surface area contributed by atoms with Gasteiger partial charge in [-0.2, -0.15) is 0 Å². The Labute approximate surface area is 130 Å². The summed E-state index contributed by atoms with van der Waals surface area (Å²) in [6.45, 7) is 4.28. The van der Waals surface area contributed by atoms with E-state index in [1.54, 1.807) is 0 Å². The minimum absolute atomic E-state index is 0.502. The molecule has 0 bridgehead atoms. The molecule has 0 aromatic heterocycles. The number of unbranched alkanes of at least 4 members (excludes halogenated alkanes) is 5. The molecule has 1 unspecified atom stereocenters. The van der Waals surface area contributed by atoms with E-state index in [0.717, 1.165) is 5.92 Å². The van der Waals surface area contributed by atoms with Gasteiger partial charge in [-0.25, -0.2) is 0 Å². The van der Waals surface area contributed by atoms with Gasteiger partial charge in [0.15, 0.2) is 0 Å². The Morgan fingerprint density at radius 2 is 1.53 bits per heavy atom. The molecule has 0 nitrogen and oxygen atoms in total. The average Bonchev–Trinajstić information content (AvgIpc) is 2.37. The topological polar surface area (TPSA) is 0 Å². The van der Waals surface area contributed by atoms with E-state index in [2.05, 4.69) is 6.92 Å². The summed E-state index contributed by atoms with van der Waals surface area (Å²) >= 11 is 12.9. The lowest BCUT2D eigenvalue weighted by molar-refractivity contribution is 0.216. The molecule has 1 aliphatic rings. The van der Waals surface area contributed by atoms with Crippen LogP contribution in [-0.2, 0) is 0 Å². The molecule has 0 spiro atoms. The van der Waals surface area contributed by atoms with Crippen LogP contribution in [0.3, 0.4) is 0 Å². The quantitative estimate of drug-likeness (QED) is 0.314. The van der Waals surface area contributed by atoms with Gasteiger partial charge >= 0.3 is 0 Å². The predicted molar refractivity (Wildman–Crippen MR) is 88.2 cm³/mol. The zero-order valence-electron chi connectivity index (χ0n) is 12.9. The Bertz CT molecular complexity index is 214. The van der Waals surface area contributed by atoms with Gasteiger partial charge in [-0.3, -0.25) is 0 Å². The van der Waals surface area contributed by atoms with Gasteiger partial charge in [0.25, 0.3) is 0 Å². The van der Waals surface area contributed by atoms with Gasteiger partial charge in [-0.05, 0) is 25.2 Å². The lowest BCUT2D eigenvalue weighted by Gasteiger charge is -2.36. The van der Waals surface area contributed by atoms with Gasteiger partial charge < -0.3 is 0 Å². The largest absolute Gasteiger partial charge is 0.118 e. The van der Waals surface area contributed by atoms with Crippen molar-refractivity contribution in [3.63, 3.8) is 0 Å². The van der Waals surface area contributed by atoms with E-state index < -0.39 is 4.33 Å². The molecule has 2 heteroatoms. The number of rotatable bonds is 9. The van der Waals surface area contributed by atoms with Gasteiger partial charge in [0.05, 0.1) is 0 Å². The van der Waals surface area contributed by atoms with Crippen LogP contribution in [0, 0.1) is 11.8 Å².